The molecule has 5 heterocycles. The molecule has 11 aromatic carbocycles. The van der Waals surface area contributed by atoms with Gasteiger partial charge in [-0.05, 0) is 52.6 Å². The normalized spacial score (nSPS) is 12.0. The van der Waals surface area contributed by atoms with Gasteiger partial charge in [-0.2, -0.15) is 5.26 Å². The van der Waals surface area contributed by atoms with Gasteiger partial charge in [0.15, 0.2) is 5.58 Å². The molecular formula is C68H36N4OS2. The van der Waals surface area contributed by atoms with E-state index in [1.165, 1.54) is 25.7 Å². The minimum atomic E-state index is 0.381. The lowest BCUT2D eigenvalue weighted by Gasteiger charge is -2.26. The van der Waals surface area contributed by atoms with Gasteiger partial charge >= 0.3 is 0 Å². The molecule has 0 aliphatic carbocycles. The highest BCUT2D eigenvalue weighted by atomic mass is 32.1. The van der Waals surface area contributed by atoms with E-state index in [0.717, 1.165) is 108 Å². The highest BCUT2D eigenvalue weighted by Gasteiger charge is 2.34. The van der Waals surface area contributed by atoms with Crippen LogP contribution >= 0.6 is 22.7 Å². The van der Waals surface area contributed by atoms with E-state index in [9.17, 15) is 11.8 Å². The van der Waals surface area contributed by atoms with Crippen molar-refractivity contribution in [2.75, 3.05) is 0 Å². The zero-order chi connectivity index (χ0) is 49.5. The Labute approximate surface area is 436 Å². The Bertz CT molecular complexity index is 5070. The summed E-state index contributed by atoms with van der Waals surface area (Å²) in [6, 6.07) is 79.5. The Balaban J connectivity index is 1.18. The maximum atomic E-state index is 12.2. The van der Waals surface area contributed by atoms with Crippen LogP contribution in [0, 0.1) is 17.9 Å². The van der Waals surface area contributed by atoms with Crippen molar-refractivity contribution < 1.29 is 4.42 Å². The van der Waals surface area contributed by atoms with Crippen LogP contribution in [0.5, 0.6) is 0 Å². The van der Waals surface area contributed by atoms with Gasteiger partial charge in [-0.1, -0.05) is 188 Å². The summed E-state index contributed by atoms with van der Waals surface area (Å²) in [6.07, 6.45) is 0. The van der Waals surface area contributed by atoms with Gasteiger partial charge in [0, 0.05) is 74.4 Å². The first-order valence-corrected chi connectivity index (χ1v) is 26.6. The van der Waals surface area contributed by atoms with Gasteiger partial charge in [0.2, 0.25) is 5.69 Å². The van der Waals surface area contributed by atoms with Crippen LogP contribution in [0.3, 0.4) is 0 Å². The molecular weight excluding hydrogens is 953 g/mol. The number of para-hydroxylation sites is 2. The number of aromatic nitrogens is 2. The van der Waals surface area contributed by atoms with Crippen LogP contribution in [0.1, 0.15) is 5.56 Å². The number of hydrogen-bond donors (Lipinski definition) is 0. The molecule has 0 saturated carbocycles. The van der Waals surface area contributed by atoms with Crippen molar-refractivity contribution in [1.29, 1.82) is 5.26 Å². The number of furan rings is 1. The Kier molecular flexibility index (Phi) is 8.85. The van der Waals surface area contributed by atoms with Crippen molar-refractivity contribution in [2.24, 2.45) is 0 Å². The smallest absolute Gasteiger partial charge is 0.220 e. The highest BCUT2D eigenvalue weighted by Crippen LogP contribution is 2.55. The van der Waals surface area contributed by atoms with Crippen LogP contribution in [0.25, 0.3) is 155 Å². The van der Waals surface area contributed by atoms with Crippen molar-refractivity contribution >= 4 is 134 Å². The fraction of sp³-hybridized carbons (Fsp3) is 0. The molecule has 0 amide bonds. The minimum Gasteiger partial charge on any atom is -0.454 e. The summed E-state index contributed by atoms with van der Waals surface area (Å²) in [4.78, 5) is 4.66. The predicted octanol–water partition coefficient (Wildman–Crippen LogP) is 19.9. The monoisotopic (exact) mass is 988 g/mol. The van der Waals surface area contributed by atoms with E-state index < -0.39 is 0 Å². The maximum Gasteiger partial charge on any atom is 0.220 e. The van der Waals surface area contributed by atoms with Crippen molar-refractivity contribution in [1.82, 2.24) is 9.13 Å². The third kappa shape index (κ3) is 5.79. The number of fused-ring (bicyclic) bond motifs is 18. The molecule has 5 nitrogen and oxygen atoms in total. The van der Waals surface area contributed by atoms with Crippen molar-refractivity contribution in [3.63, 3.8) is 0 Å². The van der Waals surface area contributed by atoms with Crippen molar-refractivity contribution in [2.45, 2.75) is 0 Å². The fourth-order valence-corrected chi connectivity index (χ4v) is 14.7. The SMILES string of the molecule is [C-]#[N+]c1c(-c2ccccc2)c(C#N)c(-n2c3ccccc3c3ccc4c5ccc(-c6ccccc6)cc5sc4c32)c(-c2ccccc2)c1-n1c2c(ccc3c4ccccc4oc32)c2ccc3c4ccccc4sc3c21. The van der Waals surface area contributed by atoms with Crippen molar-refractivity contribution in [3.05, 3.63) is 235 Å². The highest BCUT2D eigenvalue weighted by molar-refractivity contribution is 7.27. The Morgan fingerprint density at radius 3 is 1.64 bits per heavy atom. The largest absolute Gasteiger partial charge is 0.454 e. The first-order valence-electron chi connectivity index (χ1n) is 24.9. The van der Waals surface area contributed by atoms with Crippen LogP contribution in [0.4, 0.5) is 5.69 Å². The average Bonchev–Trinajstić information content (AvgIpc) is 4.42. The summed E-state index contributed by atoms with van der Waals surface area (Å²) >= 11 is 3.56. The summed E-state index contributed by atoms with van der Waals surface area (Å²) in [5.41, 5.74) is 12.9. The van der Waals surface area contributed by atoms with Crippen molar-refractivity contribution in [3.8, 4) is 50.8 Å². The molecule has 0 unspecified atom stereocenters. The fourth-order valence-electron chi connectivity index (χ4n) is 12.2. The van der Waals surface area contributed by atoms with Gasteiger partial charge in [-0.15, -0.1) is 22.7 Å². The molecule has 16 rings (SSSR count). The number of benzene rings is 11. The second kappa shape index (κ2) is 15.9. The number of nitriles is 1. The van der Waals surface area contributed by atoms with Crippen LogP contribution in [0.15, 0.2) is 223 Å². The zero-order valence-electron chi connectivity index (χ0n) is 39.8. The van der Waals surface area contributed by atoms with E-state index in [4.69, 9.17) is 4.42 Å². The summed E-state index contributed by atoms with van der Waals surface area (Å²) in [5.74, 6) is 0. The molecule has 346 valence electrons. The standard InChI is InChI=1S/C68H36N4OS2/c1-70-60-58(40-19-7-3-8-20-40)53(38-69)61(71-54-26-14-11-23-43(54)47-32-35-52-46-30-29-42(39-17-5-2-6-18-39)37-57(46)75-67(52)63(47)71)59(41-21-9-4-10-22-41)65(60)72-62-48(31-34-50-44-24-12-15-27-55(44)73-66(50)62)49-33-36-51-45-25-13-16-28-56(45)74-68(51)64(49)72/h2-37H. The number of hydrogen-bond acceptors (Lipinski definition) is 4. The third-order valence-electron chi connectivity index (χ3n) is 15.4. The summed E-state index contributed by atoms with van der Waals surface area (Å²) < 4.78 is 16.4. The predicted molar refractivity (Wildman–Crippen MR) is 315 cm³/mol. The molecule has 0 saturated heterocycles. The molecule has 5 aromatic heterocycles. The first-order chi connectivity index (χ1) is 37.2. The molecule has 0 N–H and O–H groups in total. The lowest BCUT2D eigenvalue weighted by molar-refractivity contribution is 0.671. The van der Waals surface area contributed by atoms with Gasteiger partial charge in [0.05, 0.1) is 55.0 Å². The number of nitrogens with zero attached hydrogens (tertiary/aromatic N) is 4. The third-order valence-corrected chi connectivity index (χ3v) is 17.7. The Hall–Kier alpha value is -9.76. The van der Waals surface area contributed by atoms with E-state index >= 15 is 0 Å². The lowest BCUT2D eigenvalue weighted by atomic mass is 9.88. The van der Waals surface area contributed by atoms with Gasteiger partial charge < -0.3 is 13.6 Å². The second-order valence-electron chi connectivity index (χ2n) is 19.2. The molecule has 0 spiro atoms. The quantitative estimate of drug-likeness (QED) is 0.161. The van der Waals surface area contributed by atoms with E-state index in [0.29, 0.717) is 28.2 Å². The molecule has 0 radical (unpaired) electrons. The summed E-state index contributed by atoms with van der Waals surface area (Å²) in [6.45, 7) is 9.56. The summed E-state index contributed by atoms with van der Waals surface area (Å²) in [5, 5.41) is 23.1. The van der Waals surface area contributed by atoms with Gasteiger partial charge in [0.1, 0.15) is 11.7 Å². The first kappa shape index (κ1) is 41.8. The number of rotatable bonds is 5. The zero-order valence-corrected chi connectivity index (χ0v) is 41.4. The van der Waals surface area contributed by atoms with E-state index in [1.807, 2.05) is 48.5 Å². The van der Waals surface area contributed by atoms with Gasteiger partial charge in [-0.3, -0.25) is 0 Å². The lowest BCUT2D eigenvalue weighted by Crippen LogP contribution is -2.09. The molecule has 7 heteroatoms. The topological polar surface area (TPSA) is 51.1 Å². The molecule has 0 fully saturated rings. The minimum absolute atomic E-state index is 0.381. The second-order valence-corrected chi connectivity index (χ2v) is 21.3. The maximum absolute atomic E-state index is 12.2. The van der Waals surface area contributed by atoms with E-state index in [1.54, 1.807) is 22.7 Å². The molecule has 75 heavy (non-hydrogen) atoms. The van der Waals surface area contributed by atoms with Crippen LogP contribution in [-0.4, -0.2) is 9.13 Å². The van der Waals surface area contributed by atoms with E-state index in [2.05, 4.69) is 190 Å². The van der Waals surface area contributed by atoms with Gasteiger partial charge in [-0.25, -0.2) is 4.85 Å². The van der Waals surface area contributed by atoms with Gasteiger partial charge in [0.25, 0.3) is 0 Å². The molecule has 0 aliphatic heterocycles. The molecule has 0 aliphatic rings. The molecule has 0 atom stereocenters. The summed E-state index contributed by atoms with van der Waals surface area (Å²) in [7, 11) is 0. The Morgan fingerprint density at radius 2 is 0.933 bits per heavy atom. The van der Waals surface area contributed by atoms with Crippen LogP contribution in [-0.2, 0) is 0 Å². The van der Waals surface area contributed by atoms with Crippen LogP contribution < -0.4 is 0 Å². The molecule has 0 bridgehead atoms. The van der Waals surface area contributed by atoms with E-state index in [-0.39, 0.29) is 0 Å². The number of thiophene rings is 2. The molecule has 16 aromatic rings. The average molecular weight is 989 g/mol. The van der Waals surface area contributed by atoms with Crippen LogP contribution in [0.2, 0.25) is 0 Å². The Morgan fingerprint density at radius 1 is 0.413 bits per heavy atom.